The number of benzene rings is 2. The fourth-order valence-corrected chi connectivity index (χ4v) is 13.0. The van der Waals surface area contributed by atoms with Gasteiger partial charge in [0.2, 0.25) is 0 Å². The number of rotatable bonds is 4. The van der Waals surface area contributed by atoms with Crippen LogP contribution in [0, 0.1) is 13.8 Å². The van der Waals surface area contributed by atoms with Crippen molar-refractivity contribution in [3.8, 4) is 0 Å². The second-order valence-corrected chi connectivity index (χ2v) is 14.2. The third-order valence-electron chi connectivity index (χ3n) is 6.01. The summed E-state index contributed by atoms with van der Waals surface area (Å²) in [5.41, 5.74) is 8.74. The molecular weight excluding hydrogens is 486 g/mol. The normalized spacial score (nSPS) is 14.4. The molecule has 154 valence electrons. The van der Waals surface area contributed by atoms with E-state index in [9.17, 15) is 0 Å². The largest absolute Gasteiger partial charge is 1.00 e. The maximum Gasteiger partial charge on any atom is -1.00 e. The van der Waals surface area contributed by atoms with E-state index in [0.717, 1.165) is 6.42 Å². The van der Waals surface area contributed by atoms with Crippen LogP contribution >= 0.6 is 0 Å². The molecule has 0 atom stereocenters. The number of hydrogen-bond acceptors (Lipinski definition) is 0. The van der Waals surface area contributed by atoms with Gasteiger partial charge in [-0.1, -0.05) is 0 Å². The summed E-state index contributed by atoms with van der Waals surface area (Å²) in [6, 6.07) is 18.0. The first-order chi connectivity index (χ1) is 13.6. The molecule has 30 heavy (non-hydrogen) atoms. The SMILES string of the molecule is CC1=C(C)C[C]([Zr+2]([C]2=CC=CC2)=[C](c2ccccc2C)c2ccccc2C)=C1.[Cl-].[Cl-]. The monoisotopic (exact) mass is 512 g/mol. The zero-order valence-corrected chi connectivity index (χ0v) is 22.1. The van der Waals surface area contributed by atoms with Crippen molar-refractivity contribution in [2.24, 2.45) is 0 Å². The summed E-state index contributed by atoms with van der Waals surface area (Å²) < 4.78 is 5.09. The number of halogens is 2. The summed E-state index contributed by atoms with van der Waals surface area (Å²) in [7, 11) is 0. The van der Waals surface area contributed by atoms with E-state index in [2.05, 4.69) is 101 Å². The Morgan fingerprint density at radius 2 is 1.33 bits per heavy atom. The average molecular weight is 515 g/mol. The standard InChI is InChI=1S/C15H14.C7H9.C5H5.2ClH.Zr/c1-12-7-3-5-9-14(12)11-15-10-6-4-8-13(15)2;1-6-4-3-5-7(6)2;1-2-4-5-3-1;;;/h3-10H,1-2H3;4H,5H2,1-2H3;1-3H,4H2;2*1H;/q;;;;;+2/p-2. The molecule has 0 spiro atoms. The first-order valence-electron chi connectivity index (χ1n) is 10.2. The molecule has 0 N–H and O–H groups in total. The Morgan fingerprint density at radius 1 is 0.767 bits per heavy atom. The average Bonchev–Trinajstić information content (AvgIpc) is 3.32. The van der Waals surface area contributed by atoms with Crippen molar-refractivity contribution in [2.75, 3.05) is 0 Å². The van der Waals surface area contributed by atoms with E-state index in [1.54, 1.807) is 15.3 Å². The third-order valence-corrected chi connectivity index (χ3v) is 13.4. The van der Waals surface area contributed by atoms with E-state index in [1.165, 1.54) is 34.2 Å². The molecule has 3 heteroatoms. The van der Waals surface area contributed by atoms with Gasteiger partial charge in [0.15, 0.2) is 0 Å². The Kier molecular flexibility index (Phi) is 9.04. The van der Waals surface area contributed by atoms with E-state index in [-0.39, 0.29) is 24.8 Å². The molecule has 0 saturated heterocycles. The molecule has 0 aliphatic heterocycles. The topological polar surface area (TPSA) is 0 Å². The Bertz CT molecular complexity index is 1050. The summed E-state index contributed by atoms with van der Waals surface area (Å²) in [5, 5.41) is 0. The van der Waals surface area contributed by atoms with Crippen molar-refractivity contribution >= 4 is 3.21 Å². The van der Waals surface area contributed by atoms with Crippen LogP contribution in [-0.4, -0.2) is 3.21 Å². The molecular formula is C27H28Cl2Zr. The molecule has 2 aromatic rings. The van der Waals surface area contributed by atoms with Gasteiger partial charge in [-0.25, -0.2) is 0 Å². The predicted molar refractivity (Wildman–Crippen MR) is 118 cm³/mol. The first-order valence-corrected chi connectivity index (χ1v) is 13.8. The van der Waals surface area contributed by atoms with Crippen molar-refractivity contribution in [2.45, 2.75) is 40.5 Å². The van der Waals surface area contributed by atoms with Gasteiger partial charge in [0.1, 0.15) is 0 Å². The summed E-state index contributed by atoms with van der Waals surface area (Å²) in [6.45, 7) is 9.13. The van der Waals surface area contributed by atoms with Gasteiger partial charge in [0, 0.05) is 0 Å². The van der Waals surface area contributed by atoms with E-state index >= 15 is 0 Å². The smallest absolute Gasteiger partial charge is 1.00 e. The number of hydrogen-bond donors (Lipinski definition) is 0. The van der Waals surface area contributed by atoms with Crippen LogP contribution in [0.3, 0.4) is 0 Å². The van der Waals surface area contributed by atoms with Gasteiger partial charge in [0.05, 0.1) is 0 Å². The summed E-state index contributed by atoms with van der Waals surface area (Å²) in [4.78, 5) is 0. The fraction of sp³-hybridized carbons (Fsp3) is 0.222. The minimum Gasteiger partial charge on any atom is -1.00 e. The van der Waals surface area contributed by atoms with E-state index < -0.39 is 21.3 Å². The summed E-state index contributed by atoms with van der Waals surface area (Å²) >= 11 is -2.27. The molecule has 2 aromatic carbocycles. The molecule has 0 amide bonds. The minimum absolute atomic E-state index is 0. The van der Waals surface area contributed by atoms with Crippen molar-refractivity contribution in [3.05, 3.63) is 113 Å². The van der Waals surface area contributed by atoms with Gasteiger partial charge in [-0.15, -0.1) is 0 Å². The van der Waals surface area contributed by atoms with Crippen molar-refractivity contribution < 1.29 is 46.1 Å². The third kappa shape index (κ3) is 4.96. The van der Waals surface area contributed by atoms with Crippen molar-refractivity contribution in [1.29, 1.82) is 0 Å². The van der Waals surface area contributed by atoms with E-state index in [1.807, 2.05) is 0 Å². The van der Waals surface area contributed by atoms with Crippen LogP contribution < -0.4 is 24.8 Å². The van der Waals surface area contributed by atoms with Gasteiger partial charge < -0.3 is 24.8 Å². The molecule has 0 nitrogen and oxygen atoms in total. The Morgan fingerprint density at radius 3 is 1.77 bits per heavy atom. The van der Waals surface area contributed by atoms with Crippen molar-refractivity contribution in [3.63, 3.8) is 0 Å². The van der Waals surface area contributed by atoms with E-state index in [4.69, 9.17) is 0 Å². The quantitative estimate of drug-likeness (QED) is 0.571. The Labute approximate surface area is 201 Å². The van der Waals surface area contributed by atoms with Gasteiger partial charge in [-0.2, -0.15) is 0 Å². The molecule has 0 heterocycles. The Hall–Kier alpha value is -1.27. The number of aryl methyl sites for hydroxylation is 2. The second-order valence-electron chi connectivity index (χ2n) is 8.01. The number of allylic oxidation sites excluding steroid dienone is 8. The van der Waals surface area contributed by atoms with E-state index in [0.29, 0.717) is 0 Å². The maximum atomic E-state index is 2.53. The zero-order chi connectivity index (χ0) is 19.7. The van der Waals surface area contributed by atoms with Crippen LogP contribution in [0.4, 0.5) is 0 Å². The first kappa shape index (κ1) is 25.0. The molecule has 2 aliphatic carbocycles. The zero-order valence-electron chi connectivity index (χ0n) is 18.1. The van der Waals surface area contributed by atoms with Gasteiger partial charge in [-0.3, -0.25) is 0 Å². The molecule has 0 aromatic heterocycles. The summed E-state index contributed by atoms with van der Waals surface area (Å²) in [6.07, 6.45) is 11.9. The van der Waals surface area contributed by atoms with Crippen molar-refractivity contribution in [1.82, 2.24) is 0 Å². The van der Waals surface area contributed by atoms with Crippen LogP contribution in [0.5, 0.6) is 0 Å². The molecule has 0 radical (unpaired) electrons. The summed E-state index contributed by atoms with van der Waals surface area (Å²) in [5.74, 6) is 0. The van der Waals surface area contributed by atoms with Gasteiger partial charge in [0.25, 0.3) is 0 Å². The predicted octanol–water partition coefficient (Wildman–Crippen LogP) is 0.966. The minimum atomic E-state index is -2.27. The molecule has 2 aliphatic rings. The van der Waals surface area contributed by atoms with Crippen LogP contribution in [0.2, 0.25) is 0 Å². The van der Waals surface area contributed by atoms with Gasteiger partial charge >= 0.3 is 178 Å². The molecule has 0 saturated carbocycles. The van der Waals surface area contributed by atoms with Gasteiger partial charge in [-0.05, 0) is 0 Å². The van der Waals surface area contributed by atoms with Crippen LogP contribution in [0.25, 0.3) is 0 Å². The molecule has 0 fully saturated rings. The van der Waals surface area contributed by atoms with Crippen LogP contribution in [-0.2, 0) is 21.3 Å². The van der Waals surface area contributed by atoms with Crippen LogP contribution in [0.15, 0.2) is 90.5 Å². The second kappa shape index (κ2) is 10.9. The Balaban J connectivity index is 0.00000160. The molecule has 0 bridgehead atoms. The van der Waals surface area contributed by atoms with Crippen LogP contribution in [0.1, 0.15) is 48.9 Å². The fourth-order valence-electron chi connectivity index (χ4n) is 4.30. The molecule has 0 unspecified atom stereocenters. The maximum absolute atomic E-state index is 2.53. The molecule has 4 rings (SSSR count).